The van der Waals surface area contributed by atoms with Gasteiger partial charge >= 0.3 is 0 Å². The number of unbranched alkanes of at least 4 members (excludes halogenated alkanes) is 10. The second-order valence-electron chi connectivity index (χ2n) is 5.18. The molecule has 0 unspecified atom stereocenters. The maximum absolute atomic E-state index is 9.98. The SMILES string of the molecule is CCCCCCCCCCNCCCCC[C]=O. The van der Waals surface area contributed by atoms with Gasteiger partial charge in [0, 0.05) is 6.42 Å². The summed E-state index contributed by atoms with van der Waals surface area (Å²) in [6.07, 6.45) is 17.0. The number of nitrogens with one attached hydrogen (secondary N) is 1. The summed E-state index contributed by atoms with van der Waals surface area (Å²) in [4.78, 5) is 9.98. The fourth-order valence-corrected chi connectivity index (χ4v) is 2.13. The van der Waals surface area contributed by atoms with Crippen LogP contribution in [0.4, 0.5) is 0 Å². The van der Waals surface area contributed by atoms with Gasteiger partial charge in [-0.05, 0) is 32.4 Å². The van der Waals surface area contributed by atoms with Gasteiger partial charge in [-0.25, -0.2) is 0 Å². The monoisotopic (exact) mass is 254 g/mol. The Balaban J connectivity index is 2.88. The first-order valence-corrected chi connectivity index (χ1v) is 7.97. The average molecular weight is 254 g/mol. The van der Waals surface area contributed by atoms with E-state index in [9.17, 15) is 4.79 Å². The molecule has 0 heterocycles. The summed E-state index contributed by atoms with van der Waals surface area (Å²) in [5.74, 6) is 0. The lowest BCUT2D eigenvalue weighted by molar-refractivity contribution is 0.534. The van der Waals surface area contributed by atoms with E-state index in [4.69, 9.17) is 0 Å². The molecule has 0 aliphatic heterocycles. The molecule has 0 aromatic carbocycles. The fourth-order valence-electron chi connectivity index (χ4n) is 2.13. The summed E-state index contributed by atoms with van der Waals surface area (Å²) < 4.78 is 0. The highest BCUT2D eigenvalue weighted by molar-refractivity contribution is 5.50. The summed E-state index contributed by atoms with van der Waals surface area (Å²) in [6, 6.07) is 0. The van der Waals surface area contributed by atoms with Crippen molar-refractivity contribution < 1.29 is 4.79 Å². The molecule has 1 radical (unpaired) electrons. The molecule has 2 heteroatoms. The van der Waals surface area contributed by atoms with Crippen molar-refractivity contribution in [3.05, 3.63) is 0 Å². The Morgan fingerprint density at radius 2 is 1.22 bits per heavy atom. The maximum Gasteiger partial charge on any atom is 0.198 e. The van der Waals surface area contributed by atoms with Crippen molar-refractivity contribution in [1.82, 2.24) is 5.32 Å². The molecule has 0 aliphatic carbocycles. The van der Waals surface area contributed by atoms with Gasteiger partial charge in [0.25, 0.3) is 0 Å². The minimum atomic E-state index is 0.609. The highest BCUT2D eigenvalue weighted by Gasteiger charge is 1.92. The van der Waals surface area contributed by atoms with Gasteiger partial charge in [0.2, 0.25) is 0 Å². The molecule has 0 saturated carbocycles. The van der Waals surface area contributed by atoms with Gasteiger partial charge in [0.05, 0.1) is 0 Å². The van der Waals surface area contributed by atoms with Crippen LogP contribution in [0.2, 0.25) is 0 Å². The van der Waals surface area contributed by atoms with Crippen molar-refractivity contribution in [2.24, 2.45) is 0 Å². The second-order valence-corrected chi connectivity index (χ2v) is 5.18. The predicted octanol–water partition coefficient (Wildman–Crippen LogP) is 4.39. The molecule has 0 aromatic rings. The Kier molecular flexibility index (Phi) is 16.3. The predicted molar refractivity (Wildman–Crippen MR) is 79.6 cm³/mol. The van der Waals surface area contributed by atoms with Gasteiger partial charge in [-0.2, -0.15) is 0 Å². The molecule has 0 saturated heterocycles. The lowest BCUT2D eigenvalue weighted by atomic mass is 10.1. The van der Waals surface area contributed by atoms with Crippen LogP contribution in [0, 0.1) is 0 Å². The number of carbonyl (C=O) groups excluding carboxylic acids is 1. The largest absolute Gasteiger partial charge is 0.317 e. The zero-order chi connectivity index (χ0) is 13.3. The highest BCUT2D eigenvalue weighted by atomic mass is 16.1. The first-order chi connectivity index (χ1) is 8.91. The first-order valence-electron chi connectivity index (χ1n) is 7.97. The van der Waals surface area contributed by atoms with Gasteiger partial charge in [0.15, 0.2) is 6.29 Å². The quantitative estimate of drug-likeness (QED) is 0.439. The van der Waals surface area contributed by atoms with Gasteiger partial charge in [0.1, 0.15) is 0 Å². The van der Waals surface area contributed by atoms with Crippen molar-refractivity contribution in [2.75, 3.05) is 13.1 Å². The third-order valence-electron chi connectivity index (χ3n) is 3.34. The van der Waals surface area contributed by atoms with Crippen LogP contribution >= 0.6 is 0 Å². The van der Waals surface area contributed by atoms with E-state index in [-0.39, 0.29) is 0 Å². The molecule has 0 bridgehead atoms. The molecule has 18 heavy (non-hydrogen) atoms. The topological polar surface area (TPSA) is 29.1 Å². The third-order valence-corrected chi connectivity index (χ3v) is 3.34. The van der Waals surface area contributed by atoms with E-state index in [1.54, 1.807) is 0 Å². The van der Waals surface area contributed by atoms with Gasteiger partial charge in [-0.1, -0.05) is 58.3 Å². The van der Waals surface area contributed by atoms with Crippen LogP contribution in [0.1, 0.15) is 84.0 Å². The van der Waals surface area contributed by atoms with E-state index in [0.29, 0.717) is 6.42 Å². The van der Waals surface area contributed by atoms with E-state index in [0.717, 1.165) is 25.9 Å². The first kappa shape index (κ1) is 17.6. The summed E-state index contributed by atoms with van der Waals surface area (Å²) in [5.41, 5.74) is 0. The van der Waals surface area contributed by atoms with Gasteiger partial charge in [-0.3, -0.25) is 4.79 Å². The van der Waals surface area contributed by atoms with Crippen molar-refractivity contribution in [1.29, 1.82) is 0 Å². The third kappa shape index (κ3) is 15.6. The van der Waals surface area contributed by atoms with Gasteiger partial charge in [-0.15, -0.1) is 0 Å². The highest BCUT2D eigenvalue weighted by Crippen LogP contribution is 2.07. The average Bonchev–Trinajstić information content (AvgIpc) is 2.39. The summed E-state index contributed by atoms with van der Waals surface area (Å²) in [7, 11) is 0. The smallest absolute Gasteiger partial charge is 0.198 e. The molecule has 0 atom stereocenters. The Bertz CT molecular complexity index is 159. The number of rotatable bonds is 15. The van der Waals surface area contributed by atoms with Crippen LogP contribution in [-0.2, 0) is 4.79 Å². The zero-order valence-electron chi connectivity index (χ0n) is 12.3. The Morgan fingerprint density at radius 3 is 1.78 bits per heavy atom. The lowest BCUT2D eigenvalue weighted by Gasteiger charge is -2.04. The summed E-state index contributed by atoms with van der Waals surface area (Å²) >= 11 is 0. The van der Waals surface area contributed by atoms with Crippen LogP contribution in [0.15, 0.2) is 0 Å². The van der Waals surface area contributed by atoms with E-state index < -0.39 is 0 Å². The molecule has 0 amide bonds. The fraction of sp³-hybridized carbons (Fsp3) is 0.938. The second kappa shape index (κ2) is 16.6. The molecule has 0 spiro atoms. The van der Waals surface area contributed by atoms with Crippen molar-refractivity contribution in [3.8, 4) is 0 Å². The van der Waals surface area contributed by atoms with Crippen molar-refractivity contribution in [2.45, 2.75) is 84.0 Å². The zero-order valence-corrected chi connectivity index (χ0v) is 12.3. The van der Waals surface area contributed by atoms with Gasteiger partial charge < -0.3 is 5.32 Å². The maximum atomic E-state index is 9.98. The molecule has 0 aliphatic rings. The Morgan fingerprint density at radius 1 is 0.722 bits per heavy atom. The minimum Gasteiger partial charge on any atom is -0.317 e. The molecule has 2 nitrogen and oxygen atoms in total. The standard InChI is InChI=1S/C16H32NO/c1-2-3-4-5-6-7-8-11-14-17-15-12-9-10-13-16-18/h17H,2-15H2,1H3. The van der Waals surface area contributed by atoms with E-state index >= 15 is 0 Å². The van der Waals surface area contributed by atoms with E-state index in [1.165, 1.54) is 57.8 Å². The molecule has 1 N–H and O–H groups in total. The van der Waals surface area contributed by atoms with Crippen LogP contribution in [0.5, 0.6) is 0 Å². The van der Waals surface area contributed by atoms with E-state index in [2.05, 4.69) is 12.2 Å². The van der Waals surface area contributed by atoms with Crippen LogP contribution < -0.4 is 5.32 Å². The van der Waals surface area contributed by atoms with Crippen molar-refractivity contribution >= 4 is 6.29 Å². The molecule has 107 valence electrons. The van der Waals surface area contributed by atoms with Crippen LogP contribution in [0.25, 0.3) is 0 Å². The normalized spacial score (nSPS) is 10.7. The molecule has 0 fully saturated rings. The minimum absolute atomic E-state index is 0.609. The number of hydrogen-bond donors (Lipinski definition) is 1. The molecule has 0 rings (SSSR count). The molecule has 0 aromatic heterocycles. The van der Waals surface area contributed by atoms with Crippen molar-refractivity contribution in [3.63, 3.8) is 0 Å². The summed E-state index contributed by atoms with van der Waals surface area (Å²) in [5, 5.41) is 3.47. The number of hydrogen-bond acceptors (Lipinski definition) is 2. The molecular weight excluding hydrogens is 222 g/mol. The summed E-state index contributed by atoms with van der Waals surface area (Å²) in [6.45, 7) is 4.53. The Hall–Kier alpha value is -0.370. The van der Waals surface area contributed by atoms with Crippen LogP contribution in [0.3, 0.4) is 0 Å². The van der Waals surface area contributed by atoms with Crippen LogP contribution in [-0.4, -0.2) is 19.4 Å². The lowest BCUT2D eigenvalue weighted by Crippen LogP contribution is -2.16. The molecular formula is C16H32NO. The Labute approximate surface area is 114 Å². The van der Waals surface area contributed by atoms with E-state index in [1.807, 2.05) is 6.29 Å².